The topological polar surface area (TPSA) is 78.4 Å². The smallest absolute Gasteiger partial charge is 0.321 e. The number of carbonyl (C=O) groups excluding carboxylic acids is 2. The highest BCUT2D eigenvalue weighted by atomic mass is 19.4. The highest BCUT2D eigenvalue weighted by Gasteiger charge is 2.31. The van der Waals surface area contributed by atoms with Crippen LogP contribution in [0.15, 0.2) is 48.5 Å². The van der Waals surface area contributed by atoms with Crippen LogP contribution in [0.2, 0.25) is 0 Å². The van der Waals surface area contributed by atoms with E-state index in [0.29, 0.717) is 12.1 Å². The maximum Gasteiger partial charge on any atom is 0.416 e. The molecule has 0 unspecified atom stereocenters. The van der Waals surface area contributed by atoms with Gasteiger partial charge >= 0.3 is 6.18 Å². The van der Waals surface area contributed by atoms with E-state index in [4.69, 9.17) is 5.21 Å². The second-order valence-electron chi connectivity index (χ2n) is 4.52. The summed E-state index contributed by atoms with van der Waals surface area (Å²) in [4.78, 5) is 23.6. The number of rotatable bonds is 3. The fraction of sp³-hybridized carbons (Fsp3) is 0.0667. The summed E-state index contributed by atoms with van der Waals surface area (Å²) in [5, 5.41) is 10.9. The summed E-state index contributed by atoms with van der Waals surface area (Å²) in [7, 11) is 0. The predicted octanol–water partition coefficient (Wildman–Crippen LogP) is 3.08. The summed E-state index contributed by atoms with van der Waals surface area (Å²) < 4.78 is 38.3. The van der Waals surface area contributed by atoms with E-state index in [1.165, 1.54) is 17.6 Å². The molecule has 2 aromatic rings. The average molecular weight is 324 g/mol. The van der Waals surface area contributed by atoms with Crippen LogP contribution >= 0.6 is 0 Å². The SMILES string of the molecule is O=C(Nc1cc(C(F)(F)F)ccc1C(=O)NO)c1ccccc1. The van der Waals surface area contributed by atoms with Gasteiger partial charge in [0, 0.05) is 5.56 Å². The molecule has 2 rings (SSSR count). The van der Waals surface area contributed by atoms with Gasteiger partial charge in [0.25, 0.3) is 11.8 Å². The van der Waals surface area contributed by atoms with E-state index in [9.17, 15) is 22.8 Å². The van der Waals surface area contributed by atoms with Crippen LogP contribution in [0.4, 0.5) is 18.9 Å². The molecule has 0 radical (unpaired) electrons. The zero-order valence-corrected chi connectivity index (χ0v) is 11.5. The van der Waals surface area contributed by atoms with Crippen molar-refractivity contribution in [3.63, 3.8) is 0 Å². The molecule has 3 N–H and O–H groups in total. The van der Waals surface area contributed by atoms with Gasteiger partial charge < -0.3 is 5.32 Å². The zero-order chi connectivity index (χ0) is 17.0. The summed E-state index contributed by atoms with van der Waals surface area (Å²) in [5.41, 5.74) is -0.164. The number of hydrogen-bond donors (Lipinski definition) is 3. The van der Waals surface area contributed by atoms with E-state index >= 15 is 0 Å². The highest BCUT2D eigenvalue weighted by molar-refractivity contribution is 6.08. The first kappa shape index (κ1) is 16.5. The first-order chi connectivity index (χ1) is 10.8. The van der Waals surface area contributed by atoms with Crippen molar-refractivity contribution in [3.05, 3.63) is 65.2 Å². The first-order valence-corrected chi connectivity index (χ1v) is 6.35. The number of alkyl halides is 3. The molecule has 0 heterocycles. The molecule has 0 aliphatic carbocycles. The van der Waals surface area contributed by atoms with Gasteiger partial charge in [-0.1, -0.05) is 18.2 Å². The Hall–Kier alpha value is -2.87. The molecule has 0 spiro atoms. The summed E-state index contributed by atoms with van der Waals surface area (Å²) in [6.45, 7) is 0. The van der Waals surface area contributed by atoms with Crippen LogP contribution in [0.5, 0.6) is 0 Å². The van der Waals surface area contributed by atoms with Crippen molar-refractivity contribution in [1.29, 1.82) is 0 Å². The second kappa shape index (κ2) is 6.49. The molecule has 0 aliphatic heterocycles. The Balaban J connectivity index is 2.41. The third-order valence-corrected chi connectivity index (χ3v) is 2.98. The quantitative estimate of drug-likeness (QED) is 0.600. The van der Waals surface area contributed by atoms with Gasteiger partial charge in [-0.3, -0.25) is 14.8 Å². The molecule has 0 saturated carbocycles. The molecule has 120 valence electrons. The Morgan fingerprint density at radius 1 is 0.957 bits per heavy atom. The second-order valence-corrected chi connectivity index (χ2v) is 4.52. The molecule has 23 heavy (non-hydrogen) atoms. The van der Waals surface area contributed by atoms with Gasteiger partial charge in [-0.05, 0) is 30.3 Å². The normalized spacial score (nSPS) is 11.0. The third kappa shape index (κ3) is 3.86. The van der Waals surface area contributed by atoms with Gasteiger partial charge in [-0.25, -0.2) is 5.48 Å². The lowest BCUT2D eigenvalue weighted by Crippen LogP contribution is -2.22. The molecule has 0 bridgehead atoms. The third-order valence-electron chi connectivity index (χ3n) is 2.98. The Kier molecular flexibility index (Phi) is 4.65. The molecule has 2 aromatic carbocycles. The van der Waals surface area contributed by atoms with Gasteiger partial charge in [-0.15, -0.1) is 0 Å². The number of nitrogens with one attached hydrogen (secondary N) is 2. The van der Waals surface area contributed by atoms with E-state index in [-0.39, 0.29) is 16.8 Å². The Bertz CT molecular complexity index is 730. The van der Waals surface area contributed by atoms with Gasteiger partial charge in [0.1, 0.15) is 0 Å². The van der Waals surface area contributed by atoms with Crippen molar-refractivity contribution < 1.29 is 28.0 Å². The number of benzene rings is 2. The van der Waals surface area contributed by atoms with Gasteiger partial charge in [0.2, 0.25) is 0 Å². The summed E-state index contributed by atoms with van der Waals surface area (Å²) >= 11 is 0. The minimum absolute atomic E-state index is 0.209. The average Bonchev–Trinajstić information content (AvgIpc) is 2.54. The Labute approximate surface area is 128 Å². The fourth-order valence-electron chi connectivity index (χ4n) is 1.87. The zero-order valence-electron chi connectivity index (χ0n) is 11.5. The lowest BCUT2D eigenvalue weighted by Gasteiger charge is -2.13. The van der Waals surface area contributed by atoms with E-state index in [1.807, 2.05) is 0 Å². The largest absolute Gasteiger partial charge is 0.416 e. The van der Waals surface area contributed by atoms with E-state index in [0.717, 1.165) is 6.07 Å². The molecule has 0 aliphatic rings. The van der Waals surface area contributed by atoms with Gasteiger partial charge in [-0.2, -0.15) is 13.2 Å². The molecular formula is C15H11F3N2O3. The number of hydrogen-bond acceptors (Lipinski definition) is 3. The lowest BCUT2D eigenvalue weighted by atomic mass is 10.1. The lowest BCUT2D eigenvalue weighted by molar-refractivity contribution is -0.137. The summed E-state index contributed by atoms with van der Waals surface area (Å²) in [6.07, 6.45) is -4.64. The summed E-state index contributed by atoms with van der Waals surface area (Å²) in [6, 6.07) is 9.96. The summed E-state index contributed by atoms with van der Waals surface area (Å²) in [5.74, 6) is -1.72. The van der Waals surface area contributed by atoms with Crippen molar-refractivity contribution in [2.24, 2.45) is 0 Å². The fourth-order valence-corrected chi connectivity index (χ4v) is 1.87. The van der Waals surface area contributed by atoms with Crippen LogP contribution in [0.1, 0.15) is 26.3 Å². The number of amides is 2. The first-order valence-electron chi connectivity index (χ1n) is 6.35. The van der Waals surface area contributed by atoms with Crippen LogP contribution in [-0.2, 0) is 6.18 Å². The van der Waals surface area contributed by atoms with E-state index < -0.39 is 23.6 Å². The molecule has 0 fully saturated rings. The molecular weight excluding hydrogens is 313 g/mol. The van der Waals surface area contributed by atoms with Gasteiger partial charge in [0.15, 0.2) is 0 Å². The maximum atomic E-state index is 12.8. The Morgan fingerprint density at radius 3 is 2.17 bits per heavy atom. The number of carbonyl (C=O) groups is 2. The minimum Gasteiger partial charge on any atom is -0.321 e. The van der Waals surface area contributed by atoms with E-state index in [1.54, 1.807) is 18.2 Å². The number of hydroxylamine groups is 1. The van der Waals surface area contributed by atoms with Crippen LogP contribution < -0.4 is 10.8 Å². The standard InChI is InChI=1S/C15H11F3N2O3/c16-15(17,18)10-6-7-11(14(22)20-23)12(8-10)19-13(21)9-4-2-1-3-5-9/h1-8,23H,(H,19,21)(H,20,22). The predicted molar refractivity (Wildman–Crippen MR) is 75.1 cm³/mol. The number of halogens is 3. The van der Waals surface area contributed by atoms with Crippen LogP contribution in [0.3, 0.4) is 0 Å². The Morgan fingerprint density at radius 2 is 1.61 bits per heavy atom. The van der Waals surface area contributed by atoms with Crippen LogP contribution in [0.25, 0.3) is 0 Å². The van der Waals surface area contributed by atoms with Crippen LogP contribution in [-0.4, -0.2) is 17.0 Å². The van der Waals surface area contributed by atoms with Crippen molar-refractivity contribution in [2.45, 2.75) is 6.18 Å². The highest BCUT2D eigenvalue weighted by Crippen LogP contribution is 2.32. The molecule has 8 heteroatoms. The maximum absolute atomic E-state index is 12.8. The molecule has 0 aromatic heterocycles. The van der Waals surface area contributed by atoms with Crippen molar-refractivity contribution in [3.8, 4) is 0 Å². The molecule has 0 saturated heterocycles. The van der Waals surface area contributed by atoms with E-state index in [2.05, 4.69) is 5.32 Å². The molecule has 0 atom stereocenters. The minimum atomic E-state index is -4.64. The van der Waals surface area contributed by atoms with Gasteiger partial charge in [0.05, 0.1) is 16.8 Å². The van der Waals surface area contributed by atoms with Crippen LogP contribution in [0, 0.1) is 0 Å². The monoisotopic (exact) mass is 324 g/mol. The van der Waals surface area contributed by atoms with Crippen molar-refractivity contribution in [1.82, 2.24) is 5.48 Å². The van der Waals surface area contributed by atoms with Crippen molar-refractivity contribution in [2.75, 3.05) is 5.32 Å². The van der Waals surface area contributed by atoms with Crippen molar-refractivity contribution >= 4 is 17.5 Å². The molecule has 5 nitrogen and oxygen atoms in total. The molecule has 2 amide bonds. The number of anilines is 1.